The summed E-state index contributed by atoms with van der Waals surface area (Å²) in [5.41, 5.74) is -0.0903. The molecular weight excluding hydrogens is 298 g/mol. The molecule has 0 aliphatic carbocycles. The summed E-state index contributed by atoms with van der Waals surface area (Å²) in [6.45, 7) is 1.48. The molecule has 86 valence electrons. The van der Waals surface area contributed by atoms with Crippen LogP contribution in [0, 0.1) is 10.1 Å². The predicted molar refractivity (Wildman–Crippen MR) is 63.8 cm³/mol. The summed E-state index contributed by atoms with van der Waals surface area (Å²) < 4.78 is 0.589. The van der Waals surface area contributed by atoms with Crippen LogP contribution in [0.1, 0.15) is 6.92 Å². The number of nitro groups is 1. The van der Waals surface area contributed by atoms with Gasteiger partial charge in [0, 0.05) is 10.5 Å². The minimum absolute atomic E-state index is 0.0903. The first kappa shape index (κ1) is 13.0. The first-order chi connectivity index (χ1) is 7.41. The molecular formula is C9H8BrNO4S. The second-order valence-electron chi connectivity index (χ2n) is 2.97. The largest absolute Gasteiger partial charge is 0.480 e. The SMILES string of the molecule is C[C@@H](Sc1ccc(Br)cc1[N+](=O)[O-])C(=O)O. The van der Waals surface area contributed by atoms with E-state index in [9.17, 15) is 14.9 Å². The van der Waals surface area contributed by atoms with Gasteiger partial charge in [-0.25, -0.2) is 0 Å². The van der Waals surface area contributed by atoms with Gasteiger partial charge in [-0.15, -0.1) is 11.8 Å². The summed E-state index contributed by atoms with van der Waals surface area (Å²) >= 11 is 4.08. The molecule has 0 amide bonds. The Hall–Kier alpha value is -1.08. The van der Waals surface area contributed by atoms with Crippen LogP contribution in [0.3, 0.4) is 0 Å². The van der Waals surface area contributed by atoms with E-state index in [0.29, 0.717) is 9.37 Å². The van der Waals surface area contributed by atoms with Crippen molar-refractivity contribution in [2.24, 2.45) is 0 Å². The fourth-order valence-electron chi connectivity index (χ4n) is 0.974. The Balaban J connectivity index is 3.04. The van der Waals surface area contributed by atoms with Crippen molar-refractivity contribution >= 4 is 39.3 Å². The summed E-state index contributed by atoms with van der Waals surface area (Å²) in [6, 6.07) is 4.53. The number of nitro benzene ring substituents is 1. The van der Waals surface area contributed by atoms with E-state index in [4.69, 9.17) is 5.11 Å². The van der Waals surface area contributed by atoms with E-state index in [-0.39, 0.29) is 5.69 Å². The molecule has 1 N–H and O–H groups in total. The summed E-state index contributed by atoms with van der Waals surface area (Å²) in [4.78, 5) is 21.2. The van der Waals surface area contributed by atoms with E-state index < -0.39 is 16.1 Å². The lowest BCUT2D eigenvalue weighted by Gasteiger charge is -2.06. The van der Waals surface area contributed by atoms with Crippen LogP contribution in [0.25, 0.3) is 0 Å². The minimum Gasteiger partial charge on any atom is -0.480 e. The van der Waals surface area contributed by atoms with Gasteiger partial charge in [0.05, 0.1) is 9.82 Å². The summed E-state index contributed by atoms with van der Waals surface area (Å²) in [5, 5.41) is 18.8. The van der Waals surface area contributed by atoms with Gasteiger partial charge in [-0.1, -0.05) is 15.9 Å². The number of hydrogen-bond acceptors (Lipinski definition) is 4. The zero-order valence-electron chi connectivity index (χ0n) is 8.21. The number of benzene rings is 1. The molecule has 1 aromatic rings. The van der Waals surface area contributed by atoms with E-state index in [1.54, 1.807) is 6.07 Å². The quantitative estimate of drug-likeness (QED) is 0.525. The second kappa shape index (κ2) is 5.31. The zero-order chi connectivity index (χ0) is 12.3. The van der Waals surface area contributed by atoms with Crippen LogP contribution in [0.4, 0.5) is 5.69 Å². The molecule has 1 aromatic carbocycles. The average Bonchev–Trinajstić information content (AvgIpc) is 2.20. The highest BCUT2D eigenvalue weighted by Crippen LogP contribution is 2.34. The molecule has 1 atom stereocenters. The first-order valence-corrected chi connectivity index (χ1v) is 5.92. The molecule has 0 aliphatic rings. The molecule has 0 saturated heterocycles. The molecule has 0 aliphatic heterocycles. The van der Waals surface area contributed by atoms with Crippen LogP contribution in [-0.2, 0) is 4.79 Å². The van der Waals surface area contributed by atoms with Crippen molar-refractivity contribution in [3.8, 4) is 0 Å². The van der Waals surface area contributed by atoms with Crippen LogP contribution in [0.5, 0.6) is 0 Å². The number of hydrogen-bond donors (Lipinski definition) is 1. The summed E-state index contributed by atoms with van der Waals surface area (Å²) in [5.74, 6) is -0.998. The highest BCUT2D eigenvalue weighted by molar-refractivity contribution is 9.10. The van der Waals surface area contributed by atoms with Crippen LogP contribution in [0.15, 0.2) is 27.6 Å². The number of thioether (sulfide) groups is 1. The number of nitrogens with zero attached hydrogens (tertiary/aromatic N) is 1. The molecule has 16 heavy (non-hydrogen) atoms. The van der Waals surface area contributed by atoms with Crippen molar-refractivity contribution in [3.05, 3.63) is 32.8 Å². The molecule has 0 heterocycles. The number of halogens is 1. The molecule has 0 aromatic heterocycles. The van der Waals surface area contributed by atoms with Gasteiger partial charge in [-0.2, -0.15) is 0 Å². The van der Waals surface area contributed by atoms with Crippen molar-refractivity contribution in [2.75, 3.05) is 0 Å². The Kier molecular flexibility index (Phi) is 4.31. The van der Waals surface area contributed by atoms with Gasteiger partial charge < -0.3 is 5.11 Å². The molecule has 0 spiro atoms. The summed E-state index contributed by atoms with van der Waals surface area (Å²) in [6.07, 6.45) is 0. The smallest absolute Gasteiger partial charge is 0.316 e. The maximum absolute atomic E-state index is 10.7. The second-order valence-corrected chi connectivity index (χ2v) is 5.27. The lowest BCUT2D eigenvalue weighted by atomic mass is 10.3. The Labute approximate surface area is 104 Å². The van der Waals surface area contributed by atoms with Crippen molar-refractivity contribution in [3.63, 3.8) is 0 Å². The number of aliphatic carboxylic acids is 1. The number of rotatable bonds is 4. The maximum Gasteiger partial charge on any atom is 0.316 e. The van der Waals surface area contributed by atoms with Gasteiger partial charge in [0.2, 0.25) is 0 Å². The van der Waals surface area contributed by atoms with E-state index >= 15 is 0 Å². The van der Waals surface area contributed by atoms with E-state index in [2.05, 4.69) is 15.9 Å². The van der Waals surface area contributed by atoms with Crippen molar-refractivity contribution < 1.29 is 14.8 Å². The number of carboxylic acid groups (broad SMARTS) is 1. The fraction of sp³-hybridized carbons (Fsp3) is 0.222. The van der Waals surface area contributed by atoms with E-state index in [0.717, 1.165) is 11.8 Å². The topological polar surface area (TPSA) is 80.4 Å². The standard InChI is InChI=1S/C9H8BrNO4S/c1-5(9(12)13)16-8-3-2-6(10)4-7(8)11(14)15/h2-5H,1H3,(H,12,13)/t5-/m1/s1. The first-order valence-electron chi connectivity index (χ1n) is 4.25. The minimum atomic E-state index is -0.998. The zero-order valence-corrected chi connectivity index (χ0v) is 10.6. The number of carboxylic acids is 1. The van der Waals surface area contributed by atoms with Crippen LogP contribution in [0.2, 0.25) is 0 Å². The molecule has 7 heteroatoms. The fourth-order valence-corrected chi connectivity index (χ4v) is 2.21. The van der Waals surface area contributed by atoms with Gasteiger partial charge >= 0.3 is 5.97 Å². The third kappa shape index (κ3) is 3.21. The van der Waals surface area contributed by atoms with Gasteiger partial charge in [0.1, 0.15) is 5.25 Å². The van der Waals surface area contributed by atoms with Gasteiger partial charge in [-0.3, -0.25) is 14.9 Å². The Morgan fingerprint density at radius 3 is 2.75 bits per heavy atom. The molecule has 0 fully saturated rings. The lowest BCUT2D eigenvalue weighted by molar-refractivity contribution is -0.387. The van der Waals surface area contributed by atoms with E-state index in [1.165, 1.54) is 19.1 Å². The van der Waals surface area contributed by atoms with Crippen LogP contribution >= 0.6 is 27.7 Å². The average molecular weight is 306 g/mol. The normalized spacial score (nSPS) is 12.1. The van der Waals surface area contributed by atoms with Crippen molar-refractivity contribution in [1.29, 1.82) is 0 Å². The lowest BCUT2D eigenvalue weighted by Crippen LogP contribution is -2.11. The van der Waals surface area contributed by atoms with Gasteiger partial charge in [0.15, 0.2) is 0 Å². The predicted octanol–water partition coefficient (Wildman–Crippen LogP) is 2.92. The highest BCUT2D eigenvalue weighted by Gasteiger charge is 2.20. The molecule has 0 bridgehead atoms. The Bertz CT molecular complexity index is 438. The van der Waals surface area contributed by atoms with Gasteiger partial charge in [-0.05, 0) is 19.1 Å². The summed E-state index contributed by atoms with van der Waals surface area (Å²) in [7, 11) is 0. The Morgan fingerprint density at radius 2 is 2.25 bits per heavy atom. The van der Waals surface area contributed by atoms with Crippen LogP contribution in [-0.4, -0.2) is 21.2 Å². The van der Waals surface area contributed by atoms with E-state index in [1.807, 2.05) is 0 Å². The van der Waals surface area contributed by atoms with Crippen LogP contribution < -0.4 is 0 Å². The third-order valence-electron chi connectivity index (χ3n) is 1.77. The number of carbonyl (C=O) groups is 1. The monoisotopic (exact) mass is 305 g/mol. The molecule has 0 unspecified atom stereocenters. The van der Waals surface area contributed by atoms with Crippen molar-refractivity contribution in [2.45, 2.75) is 17.1 Å². The molecule has 0 radical (unpaired) electrons. The maximum atomic E-state index is 10.7. The van der Waals surface area contributed by atoms with Gasteiger partial charge in [0.25, 0.3) is 5.69 Å². The third-order valence-corrected chi connectivity index (χ3v) is 3.42. The van der Waals surface area contributed by atoms with Crippen molar-refractivity contribution in [1.82, 2.24) is 0 Å². The molecule has 1 rings (SSSR count). The Morgan fingerprint density at radius 1 is 1.62 bits per heavy atom. The molecule has 0 saturated carbocycles. The highest BCUT2D eigenvalue weighted by atomic mass is 79.9. The molecule has 5 nitrogen and oxygen atoms in total.